The van der Waals surface area contributed by atoms with Crippen LogP contribution in [0.15, 0.2) is 66.7 Å². The van der Waals surface area contributed by atoms with Crippen molar-refractivity contribution >= 4 is 28.9 Å². The highest BCUT2D eigenvalue weighted by atomic mass is 16.2. The summed E-state index contributed by atoms with van der Waals surface area (Å²) in [6.07, 6.45) is 0. The van der Waals surface area contributed by atoms with Gasteiger partial charge in [-0.3, -0.25) is 9.59 Å². The minimum absolute atomic E-state index is 0.243. The molecule has 0 unspecified atom stereocenters. The number of hydrogen-bond donors (Lipinski definition) is 2. The van der Waals surface area contributed by atoms with Crippen LogP contribution in [-0.2, 0) is 0 Å². The van der Waals surface area contributed by atoms with E-state index in [1.165, 1.54) is 0 Å². The first-order valence-electron chi connectivity index (χ1n) is 9.41. The molecule has 5 nitrogen and oxygen atoms in total. The Morgan fingerprint density at radius 2 is 1.24 bits per heavy atom. The van der Waals surface area contributed by atoms with Crippen LogP contribution >= 0.6 is 0 Å². The number of nitrogens with one attached hydrogen (secondary N) is 2. The second kappa shape index (κ2) is 8.61. The Morgan fingerprint density at radius 3 is 1.79 bits per heavy atom. The molecule has 3 aromatic carbocycles. The molecule has 3 rings (SSSR count). The smallest absolute Gasteiger partial charge is 0.255 e. The van der Waals surface area contributed by atoms with Gasteiger partial charge in [-0.15, -0.1) is 0 Å². The fourth-order valence-corrected chi connectivity index (χ4v) is 3.05. The topological polar surface area (TPSA) is 61.4 Å². The molecule has 0 aliphatic heterocycles. The second-order valence-corrected chi connectivity index (χ2v) is 7.20. The molecule has 0 heterocycles. The summed E-state index contributed by atoms with van der Waals surface area (Å²) in [5.74, 6) is -0.503. The molecule has 3 aromatic rings. The molecule has 2 amide bonds. The maximum Gasteiger partial charge on any atom is 0.255 e. The normalized spacial score (nSPS) is 10.3. The first kappa shape index (κ1) is 20.1. The maximum absolute atomic E-state index is 12.7. The number of carbonyl (C=O) groups is 2. The molecule has 0 aromatic heterocycles. The van der Waals surface area contributed by atoms with Gasteiger partial charge in [-0.1, -0.05) is 24.3 Å². The Bertz CT molecular complexity index is 1020. The summed E-state index contributed by atoms with van der Waals surface area (Å²) in [4.78, 5) is 27.3. The summed E-state index contributed by atoms with van der Waals surface area (Å²) in [5.41, 5.74) is 5.40. The van der Waals surface area contributed by atoms with Crippen molar-refractivity contribution in [1.82, 2.24) is 0 Å². The molecule has 0 radical (unpaired) electrons. The summed E-state index contributed by atoms with van der Waals surface area (Å²) in [6, 6.07) is 20.1. The molecule has 148 valence electrons. The van der Waals surface area contributed by atoms with Crippen molar-refractivity contribution in [3.05, 3.63) is 89.0 Å². The van der Waals surface area contributed by atoms with Crippen molar-refractivity contribution in [2.75, 3.05) is 29.6 Å². The molecule has 0 fully saturated rings. The number of amides is 2. The Morgan fingerprint density at radius 1 is 0.724 bits per heavy atom. The average molecular weight is 387 g/mol. The lowest BCUT2D eigenvalue weighted by Gasteiger charge is -2.13. The fourth-order valence-electron chi connectivity index (χ4n) is 3.05. The highest BCUT2D eigenvalue weighted by Gasteiger charge is 2.13. The van der Waals surface area contributed by atoms with E-state index in [0.29, 0.717) is 16.8 Å². The Hall–Kier alpha value is -3.60. The number of aryl methyl sites for hydroxylation is 2. The minimum Gasteiger partial charge on any atom is -0.378 e. The van der Waals surface area contributed by atoms with Crippen LogP contribution in [0.5, 0.6) is 0 Å². The van der Waals surface area contributed by atoms with E-state index in [0.717, 1.165) is 22.5 Å². The number of rotatable bonds is 5. The first-order chi connectivity index (χ1) is 13.8. The molecule has 0 aliphatic rings. The zero-order valence-electron chi connectivity index (χ0n) is 17.1. The van der Waals surface area contributed by atoms with Gasteiger partial charge in [-0.25, -0.2) is 0 Å². The van der Waals surface area contributed by atoms with Gasteiger partial charge in [0.05, 0.1) is 0 Å². The van der Waals surface area contributed by atoms with Crippen LogP contribution in [0.4, 0.5) is 17.1 Å². The van der Waals surface area contributed by atoms with Gasteiger partial charge in [0.1, 0.15) is 0 Å². The van der Waals surface area contributed by atoms with Gasteiger partial charge in [0, 0.05) is 42.3 Å². The third kappa shape index (κ3) is 4.82. The Balaban J connectivity index is 1.74. The van der Waals surface area contributed by atoms with E-state index in [-0.39, 0.29) is 11.8 Å². The van der Waals surface area contributed by atoms with Crippen LogP contribution < -0.4 is 15.5 Å². The van der Waals surface area contributed by atoms with E-state index in [9.17, 15) is 9.59 Å². The summed E-state index contributed by atoms with van der Waals surface area (Å²) in [7, 11) is 3.92. The second-order valence-electron chi connectivity index (χ2n) is 7.20. The van der Waals surface area contributed by atoms with Crippen LogP contribution in [0.25, 0.3) is 0 Å². The van der Waals surface area contributed by atoms with Crippen LogP contribution in [0.3, 0.4) is 0 Å². The standard InChI is InChI=1S/C24H25N3O2/c1-16-7-5-8-17(2)22(16)26-24(29)19-10-6-9-18(15-19)23(28)25-20-11-13-21(14-12-20)27(3)4/h5-15H,1-4H3,(H,25,28)(H,26,29). The SMILES string of the molecule is Cc1cccc(C)c1NC(=O)c1cccc(C(=O)Nc2ccc(N(C)C)cc2)c1. The van der Waals surface area contributed by atoms with E-state index in [4.69, 9.17) is 0 Å². The molecule has 0 atom stereocenters. The lowest BCUT2D eigenvalue weighted by atomic mass is 10.1. The number of carbonyl (C=O) groups excluding carboxylic acids is 2. The summed E-state index contributed by atoms with van der Waals surface area (Å²) in [5, 5.41) is 5.82. The molecule has 0 saturated carbocycles. The van der Waals surface area contributed by atoms with Crippen molar-refractivity contribution in [2.45, 2.75) is 13.8 Å². The van der Waals surface area contributed by atoms with Crippen molar-refractivity contribution < 1.29 is 9.59 Å². The Kier molecular flexibility index (Phi) is 5.98. The highest BCUT2D eigenvalue weighted by molar-refractivity contribution is 6.09. The summed E-state index contributed by atoms with van der Waals surface area (Å²) >= 11 is 0. The van der Waals surface area contributed by atoms with Crippen LogP contribution in [0, 0.1) is 13.8 Å². The molecule has 0 saturated heterocycles. The van der Waals surface area contributed by atoms with Gasteiger partial charge in [-0.05, 0) is 67.4 Å². The van der Waals surface area contributed by atoms with Gasteiger partial charge in [0.2, 0.25) is 0 Å². The number of hydrogen-bond acceptors (Lipinski definition) is 3. The molecule has 2 N–H and O–H groups in total. The molecular weight excluding hydrogens is 362 g/mol. The zero-order chi connectivity index (χ0) is 21.0. The van der Waals surface area contributed by atoms with E-state index in [2.05, 4.69) is 10.6 Å². The van der Waals surface area contributed by atoms with Crippen molar-refractivity contribution in [3.8, 4) is 0 Å². The van der Waals surface area contributed by atoms with E-state index >= 15 is 0 Å². The van der Waals surface area contributed by atoms with Gasteiger partial charge in [0.15, 0.2) is 0 Å². The van der Waals surface area contributed by atoms with Gasteiger partial charge in [-0.2, -0.15) is 0 Å². The summed E-state index contributed by atoms with van der Waals surface area (Å²) < 4.78 is 0. The maximum atomic E-state index is 12.7. The predicted molar refractivity (Wildman–Crippen MR) is 119 cm³/mol. The molecule has 0 spiro atoms. The lowest BCUT2D eigenvalue weighted by molar-refractivity contribution is 0.102. The minimum atomic E-state index is -0.260. The highest BCUT2D eigenvalue weighted by Crippen LogP contribution is 2.21. The molecule has 0 aliphatic carbocycles. The van der Waals surface area contributed by atoms with E-state index < -0.39 is 0 Å². The number of anilines is 3. The van der Waals surface area contributed by atoms with Crippen LogP contribution in [0.2, 0.25) is 0 Å². The third-order valence-corrected chi connectivity index (χ3v) is 4.75. The molecular formula is C24H25N3O2. The van der Waals surface area contributed by atoms with Gasteiger partial charge >= 0.3 is 0 Å². The number of benzene rings is 3. The third-order valence-electron chi connectivity index (χ3n) is 4.75. The van der Waals surface area contributed by atoms with Crippen molar-refractivity contribution in [1.29, 1.82) is 0 Å². The van der Waals surface area contributed by atoms with Gasteiger partial charge in [0.25, 0.3) is 11.8 Å². The van der Waals surface area contributed by atoms with Crippen LogP contribution in [0.1, 0.15) is 31.8 Å². The lowest BCUT2D eigenvalue weighted by Crippen LogP contribution is -2.16. The predicted octanol–water partition coefficient (Wildman–Crippen LogP) is 4.87. The Labute approximate surface area is 171 Å². The number of nitrogens with zero attached hydrogens (tertiary/aromatic N) is 1. The fraction of sp³-hybridized carbons (Fsp3) is 0.167. The van der Waals surface area contributed by atoms with Crippen molar-refractivity contribution in [3.63, 3.8) is 0 Å². The largest absolute Gasteiger partial charge is 0.378 e. The van der Waals surface area contributed by atoms with Gasteiger partial charge < -0.3 is 15.5 Å². The van der Waals surface area contributed by atoms with E-state index in [1.54, 1.807) is 24.3 Å². The molecule has 5 heteroatoms. The van der Waals surface area contributed by atoms with Crippen LogP contribution in [-0.4, -0.2) is 25.9 Å². The molecule has 0 bridgehead atoms. The number of para-hydroxylation sites is 1. The molecule has 29 heavy (non-hydrogen) atoms. The monoisotopic (exact) mass is 387 g/mol. The average Bonchev–Trinajstić information content (AvgIpc) is 2.71. The summed E-state index contributed by atoms with van der Waals surface area (Å²) in [6.45, 7) is 3.90. The zero-order valence-corrected chi connectivity index (χ0v) is 17.1. The van der Waals surface area contributed by atoms with E-state index in [1.807, 2.05) is 75.3 Å². The first-order valence-corrected chi connectivity index (χ1v) is 9.41. The van der Waals surface area contributed by atoms with Crippen molar-refractivity contribution in [2.24, 2.45) is 0 Å². The quantitative estimate of drug-likeness (QED) is 0.656.